The Morgan fingerprint density at radius 3 is 2.50 bits per heavy atom. The molecule has 0 aliphatic heterocycles. The molecule has 0 fully saturated rings. The molecule has 7 nitrogen and oxygen atoms in total. The SMILES string of the molecule is CCNC(=NCCc1nccn1Cc1ccccc1)N(C)CCc1ccc(OC)c(OC)c1.I. The molecule has 8 heteroatoms. The Bertz CT molecular complexity index is 1020. The minimum absolute atomic E-state index is 0. The molecule has 184 valence electrons. The van der Waals surface area contributed by atoms with Gasteiger partial charge in [0.1, 0.15) is 5.82 Å². The molecule has 0 aliphatic rings. The third kappa shape index (κ3) is 7.93. The molecule has 0 saturated carbocycles. The van der Waals surface area contributed by atoms with E-state index in [1.54, 1.807) is 14.2 Å². The van der Waals surface area contributed by atoms with Gasteiger partial charge >= 0.3 is 0 Å². The molecule has 34 heavy (non-hydrogen) atoms. The number of hydrogen-bond donors (Lipinski definition) is 1. The van der Waals surface area contributed by atoms with Crippen molar-refractivity contribution in [2.75, 3.05) is 40.9 Å². The highest BCUT2D eigenvalue weighted by Gasteiger charge is 2.09. The zero-order valence-electron chi connectivity index (χ0n) is 20.5. The van der Waals surface area contributed by atoms with Crippen molar-refractivity contribution in [2.24, 2.45) is 4.99 Å². The highest BCUT2D eigenvalue weighted by molar-refractivity contribution is 14.0. The fraction of sp³-hybridized carbons (Fsp3) is 0.385. The fourth-order valence-electron chi connectivity index (χ4n) is 3.66. The van der Waals surface area contributed by atoms with Crippen LogP contribution in [0.25, 0.3) is 0 Å². The van der Waals surface area contributed by atoms with Crippen LogP contribution >= 0.6 is 24.0 Å². The molecular weight excluding hydrogens is 541 g/mol. The van der Waals surface area contributed by atoms with E-state index in [1.807, 2.05) is 30.6 Å². The number of benzene rings is 2. The predicted octanol–water partition coefficient (Wildman–Crippen LogP) is 4.25. The van der Waals surface area contributed by atoms with Crippen LogP contribution in [0.5, 0.6) is 11.5 Å². The van der Waals surface area contributed by atoms with Crippen LogP contribution in [0, 0.1) is 0 Å². The molecule has 0 spiro atoms. The average molecular weight is 578 g/mol. The van der Waals surface area contributed by atoms with E-state index in [0.717, 1.165) is 55.8 Å². The summed E-state index contributed by atoms with van der Waals surface area (Å²) in [5.74, 6) is 3.45. The number of methoxy groups -OCH3 is 2. The lowest BCUT2D eigenvalue weighted by Crippen LogP contribution is -2.40. The third-order valence-corrected chi connectivity index (χ3v) is 5.47. The molecule has 0 bridgehead atoms. The van der Waals surface area contributed by atoms with Crippen molar-refractivity contribution in [3.8, 4) is 11.5 Å². The number of nitrogens with zero attached hydrogens (tertiary/aromatic N) is 4. The van der Waals surface area contributed by atoms with Crippen LogP contribution in [0.3, 0.4) is 0 Å². The van der Waals surface area contributed by atoms with Gasteiger partial charge in [0.05, 0.1) is 14.2 Å². The van der Waals surface area contributed by atoms with Crippen LogP contribution in [-0.2, 0) is 19.4 Å². The maximum absolute atomic E-state index is 5.42. The van der Waals surface area contributed by atoms with Crippen LogP contribution < -0.4 is 14.8 Å². The second-order valence-corrected chi connectivity index (χ2v) is 7.80. The van der Waals surface area contributed by atoms with E-state index in [-0.39, 0.29) is 24.0 Å². The second kappa shape index (κ2) is 14.5. The first-order valence-corrected chi connectivity index (χ1v) is 11.4. The van der Waals surface area contributed by atoms with Gasteiger partial charge in [-0.25, -0.2) is 4.98 Å². The van der Waals surface area contributed by atoms with Crippen molar-refractivity contribution in [2.45, 2.75) is 26.3 Å². The summed E-state index contributed by atoms with van der Waals surface area (Å²) < 4.78 is 12.9. The van der Waals surface area contributed by atoms with E-state index in [9.17, 15) is 0 Å². The molecule has 1 N–H and O–H groups in total. The van der Waals surface area contributed by atoms with E-state index < -0.39 is 0 Å². The summed E-state index contributed by atoms with van der Waals surface area (Å²) in [4.78, 5) is 11.6. The van der Waals surface area contributed by atoms with Crippen LogP contribution in [0.15, 0.2) is 65.9 Å². The maximum Gasteiger partial charge on any atom is 0.193 e. The summed E-state index contributed by atoms with van der Waals surface area (Å²) in [6.07, 6.45) is 5.57. The van der Waals surface area contributed by atoms with Gasteiger partial charge in [0.25, 0.3) is 0 Å². The first-order valence-electron chi connectivity index (χ1n) is 11.4. The number of guanidine groups is 1. The summed E-state index contributed by atoms with van der Waals surface area (Å²) in [5, 5.41) is 3.40. The Morgan fingerprint density at radius 1 is 1.03 bits per heavy atom. The van der Waals surface area contributed by atoms with Gasteiger partial charge in [0.15, 0.2) is 17.5 Å². The molecule has 0 aliphatic carbocycles. The van der Waals surface area contributed by atoms with E-state index >= 15 is 0 Å². The van der Waals surface area contributed by atoms with Gasteiger partial charge in [-0.05, 0) is 36.6 Å². The Hall–Kier alpha value is -2.75. The summed E-state index contributed by atoms with van der Waals surface area (Å²) in [6, 6.07) is 16.5. The van der Waals surface area contributed by atoms with Crippen molar-refractivity contribution in [1.82, 2.24) is 19.8 Å². The molecule has 0 atom stereocenters. The molecule has 0 unspecified atom stereocenters. The topological polar surface area (TPSA) is 63.9 Å². The zero-order chi connectivity index (χ0) is 23.5. The lowest BCUT2D eigenvalue weighted by atomic mass is 10.1. The van der Waals surface area contributed by atoms with Crippen molar-refractivity contribution >= 4 is 29.9 Å². The Morgan fingerprint density at radius 2 is 1.79 bits per heavy atom. The summed E-state index contributed by atoms with van der Waals surface area (Å²) in [5.41, 5.74) is 2.46. The standard InChI is InChI=1S/C26H35N5O2.HI/c1-5-27-26(30(2)17-14-21-11-12-23(32-3)24(19-21)33-4)29-15-13-25-28-16-18-31(25)20-22-9-7-6-8-10-22;/h6-12,16,18-19H,5,13-15,17,20H2,1-4H3,(H,27,29);1H. The summed E-state index contributed by atoms with van der Waals surface area (Å²) in [7, 11) is 5.38. The van der Waals surface area contributed by atoms with Crippen molar-refractivity contribution < 1.29 is 9.47 Å². The van der Waals surface area contributed by atoms with Crippen LogP contribution in [0.2, 0.25) is 0 Å². The summed E-state index contributed by atoms with van der Waals surface area (Å²) in [6.45, 7) is 5.25. The first kappa shape index (κ1) is 27.5. The molecule has 0 saturated heterocycles. The molecule has 3 aromatic rings. The number of hydrogen-bond acceptors (Lipinski definition) is 4. The van der Waals surface area contributed by atoms with Crippen LogP contribution in [-0.4, -0.2) is 61.3 Å². The van der Waals surface area contributed by atoms with Crippen molar-refractivity contribution in [1.29, 1.82) is 0 Å². The maximum atomic E-state index is 5.42. The van der Waals surface area contributed by atoms with Gasteiger partial charge in [-0.1, -0.05) is 36.4 Å². The normalized spacial score (nSPS) is 11.0. The number of ether oxygens (including phenoxy) is 2. The van der Waals surface area contributed by atoms with Gasteiger partial charge in [-0.3, -0.25) is 4.99 Å². The number of aromatic nitrogens is 2. The largest absolute Gasteiger partial charge is 0.493 e. The predicted molar refractivity (Wildman–Crippen MR) is 149 cm³/mol. The summed E-state index contributed by atoms with van der Waals surface area (Å²) >= 11 is 0. The average Bonchev–Trinajstić information content (AvgIpc) is 3.29. The minimum Gasteiger partial charge on any atom is -0.493 e. The monoisotopic (exact) mass is 577 g/mol. The third-order valence-electron chi connectivity index (χ3n) is 5.47. The number of imidazole rings is 1. The smallest absolute Gasteiger partial charge is 0.193 e. The number of nitrogens with one attached hydrogen (secondary N) is 1. The van der Waals surface area contributed by atoms with Gasteiger partial charge < -0.3 is 24.3 Å². The van der Waals surface area contributed by atoms with E-state index in [1.165, 1.54) is 11.1 Å². The zero-order valence-corrected chi connectivity index (χ0v) is 22.9. The molecule has 0 radical (unpaired) electrons. The Balaban J connectivity index is 0.00000408. The lowest BCUT2D eigenvalue weighted by Gasteiger charge is -2.22. The van der Waals surface area contributed by atoms with Gasteiger partial charge in [-0.2, -0.15) is 0 Å². The van der Waals surface area contributed by atoms with Gasteiger partial charge in [0, 0.05) is 52.0 Å². The molecule has 3 rings (SSSR count). The number of halogens is 1. The Kier molecular flexibility index (Phi) is 11.7. The quantitative estimate of drug-likeness (QED) is 0.210. The van der Waals surface area contributed by atoms with Gasteiger partial charge in [-0.15, -0.1) is 24.0 Å². The molecule has 1 aromatic heterocycles. The number of likely N-dealkylation sites (N-methyl/N-ethyl adjacent to an activating group) is 1. The van der Waals surface area contributed by atoms with E-state index in [2.05, 4.69) is 64.1 Å². The van der Waals surface area contributed by atoms with Crippen LogP contribution in [0.1, 0.15) is 23.9 Å². The first-order chi connectivity index (χ1) is 16.1. The van der Waals surface area contributed by atoms with E-state index in [0.29, 0.717) is 6.54 Å². The second-order valence-electron chi connectivity index (χ2n) is 7.80. The molecule has 0 amide bonds. The Labute approximate surface area is 220 Å². The fourth-order valence-corrected chi connectivity index (χ4v) is 3.66. The highest BCUT2D eigenvalue weighted by Crippen LogP contribution is 2.27. The minimum atomic E-state index is 0. The number of aliphatic imine (C=N–C) groups is 1. The van der Waals surface area contributed by atoms with Crippen LogP contribution in [0.4, 0.5) is 0 Å². The van der Waals surface area contributed by atoms with Crippen molar-refractivity contribution in [3.05, 3.63) is 77.9 Å². The van der Waals surface area contributed by atoms with E-state index in [4.69, 9.17) is 14.5 Å². The molecule has 1 heterocycles. The lowest BCUT2D eigenvalue weighted by molar-refractivity contribution is 0.354. The number of rotatable bonds is 11. The molecule has 2 aromatic carbocycles. The van der Waals surface area contributed by atoms with Gasteiger partial charge in [0.2, 0.25) is 0 Å². The molecular formula is C26H36IN5O2. The highest BCUT2D eigenvalue weighted by atomic mass is 127. The van der Waals surface area contributed by atoms with Crippen molar-refractivity contribution in [3.63, 3.8) is 0 Å².